The van der Waals surface area contributed by atoms with E-state index in [0.29, 0.717) is 0 Å². The zero-order valence-electron chi connectivity index (χ0n) is 12.8. The van der Waals surface area contributed by atoms with E-state index in [9.17, 15) is 4.79 Å². The lowest BCUT2D eigenvalue weighted by molar-refractivity contribution is -0.126. The summed E-state index contributed by atoms with van der Waals surface area (Å²) in [5.41, 5.74) is 3.00. The van der Waals surface area contributed by atoms with Crippen LogP contribution < -0.4 is 10.6 Å². The van der Waals surface area contributed by atoms with Gasteiger partial charge in [-0.1, -0.05) is 29.8 Å². The Labute approximate surface area is 126 Å². The Hall–Kier alpha value is -1.65. The van der Waals surface area contributed by atoms with Crippen molar-refractivity contribution in [1.29, 1.82) is 0 Å². The summed E-state index contributed by atoms with van der Waals surface area (Å²) in [6, 6.07) is 8.11. The van der Waals surface area contributed by atoms with E-state index in [0.717, 1.165) is 38.3 Å². The van der Waals surface area contributed by atoms with Crippen molar-refractivity contribution in [2.24, 2.45) is 0 Å². The number of hydrogen-bond acceptors (Lipinski definition) is 3. The number of carbonyl (C=O) groups excluding carboxylic acids is 1. The number of carbonyl (C=O) groups is 1. The highest BCUT2D eigenvalue weighted by Gasteiger charge is 2.47. The molecule has 1 spiro atoms. The average Bonchev–Trinajstić information content (AvgIpc) is 2.91. The van der Waals surface area contributed by atoms with Crippen molar-refractivity contribution < 1.29 is 4.79 Å². The highest BCUT2D eigenvalue weighted by molar-refractivity contribution is 6.00. The third-order valence-electron chi connectivity index (χ3n) is 4.51. The van der Waals surface area contributed by atoms with Crippen LogP contribution in [0, 0.1) is 0 Å². The summed E-state index contributed by atoms with van der Waals surface area (Å²) < 4.78 is 0. The van der Waals surface area contributed by atoms with Crippen LogP contribution >= 0.6 is 0 Å². The van der Waals surface area contributed by atoms with Gasteiger partial charge in [0, 0.05) is 25.3 Å². The molecule has 2 heterocycles. The number of para-hydroxylation sites is 1. The first kappa shape index (κ1) is 14.3. The molecule has 0 bridgehead atoms. The van der Waals surface area contributed by atoms with Crippen LogP contribution in [0.4, 0.5) is 5.69 Å². The Morgan fingerprint density at radius 1 is 1.38 bits per heavy atom. The second-order valence-corrected chi connectivity index (χ2v) is 6.23. The maximum atomic E-state index is 12.8. The predicted octanol–water partition coefficient (Wildman–Crippen LogP) is 2.14. The SMILES string of the molecule is CC(C)=CCN1Cc2ccccc2NC(=O)C12CCNC2. The van der Waals surface area contributed by atoms with Gasteiger partial charge in [-0.15, -0.1) is 0 Å². The van der Waals surface area contributed by atoms with Crippen molar-refractivity contribution in [3.8, 4) is 0 Å². The minimum absolute atomic E-state index is 0.125. The molecule has 21 heavy (non-hydrogen) atoms. The zero-order chi connectivity index (χ0) is 14.9. The van der Waals surface area contributed by atoms with Gasteiger partial charge in [-0.25, -0.2) is 0 Å². The first-order valence-electron chi connectivity index (χ1n) is 7.60. The van der Waals surface area contributed by atoms with Crippen molar-refractivity contribution in [3.05, 3.63) is 41.5 Å². The van der Waals surface area contributed by atoms with E-state index >= 15 is 0 Å². The summed E-state index contributed by atoms with van der Waals surface area (Å²) in [4.78, 5) is 15.2. The molecule has 0 aliphatic carbocycles. The minimum Gasteiger partial charge on any atom is -0.324 e. The van der Waals surface area contributed by atoms with Gasteiger partial charge in [0.2, 0.25) is 5.91 Å². The van der Waals surface area contributed by atoms with Crippen LogP contribution in [0.3, 0.4) is 0 Å². The van der Waals surface area contributed by atoms with Gasteiger partial charge in [0.05, 0.1) is 0 Å². The Kier molecular flexibility index (Phi) is 3.83. The number of nitrogens with zero attached hydrogens (tertiary/aromatic N) is 1. The van der Waals surface area contributed by atoms with Gasteiger partial charge in [0.25, 0.3) is 0 Å². The van der Waals surface area contributed by atoms with Gasteiger partial charge in [0.15, 0.2) is 0 Å². The number of hydrogen-bond donors (Lipinski definition) is 2. The molecule has 4 nitrogen and oxygen atoms in total. The van der Waals surface area contributed by atoms with Crippen LogP contribution in [-0.2, 0) is 11.3 Å². The van der Waals surface area contributed by atoms with Gasteiger partial charge >= 0.3 is 0 Å². The Morgan fingerprint density at radius 2 is 2.19 bits per heavy atom. The lowest BCUT2D eigenvalue weighted by Gasteiger charge is -2.36. The van der Waals surface area contributed by atoms with Crippen LogP contribution in [0.25, 0.3) is 0 Å². The maximum Gasteiger partial charge on any atom is 0.246 e. The standard InChI is InChI=1S/C17H23N3O/c1-13(2)7-10-20-11-14-5-3-4-6-15(14)19-16(21)17(20)8-9-18-12-17/h3-7,18H,8-12H2,1-2H3,(H,19,21). The van der Waals surface area contributed by atoms with E-state index < -0.39 is 5.54 Å². The Morgan fingerprint density at radius 3 is 2.90 bits per heavy atom. The summed E-state index contributed by atoms with van der Waals surface area (Å²) in [6.07, 6.45) is 3.07. The van der Waals surface area contributed by atoms with Crippen molar-refractivity contribution in [2.45, 2.75) is 32.4 Å². The number of anilines is 1. The molecule has 3 rings (SSSR count). The molecule has 0 aromatic heterocycles. The number of amides is 1. The molecule has 1 aromatic rings. The smallest absolute Gasteiger partial charge is 0.246 e. The van der Waals surface area contributed by atoms with Crippen LogP contribution in [0.15, 0.2) is 35.9 Å². The third-order valence-corrected chi connectivity index (χ3v) is 4.51. The number of fused-ring (bicyclic) bond motifs is 1. The van der Waals surface area contributed by atoms with E-state index in [1.54, 1.807) is 0 Å². The molecule has 2 aliphatic rings. The lowest BCUT2D eigenvalue weighted by Crippen LogP contribution is -2.56. The van der Waals surface area contributed by atoms with Crippen LogP contribution in [-0.4, -0.2) is 36.0 Å². The third kappa shape index (κ3) is 2.61. The molecule has 4 heteroatoms. The van der Waals surface area contributed by atoms with Crippen molar-refractivity contribution in [2.75, 3.05) is 25.0 Å². The average molecular weight is 285 g/mol. The van der Waals surface area contributed by atoms with E-state index in [1.165, 1.54) is 11.1 Å². The molecule has 0 radical (unpaired) electrons. The highest BCUT2D eigenvalue weighted by Crippen LogP contribution is 2.32. The van der Waals surface area contributed by atoms with Crippen LogP contribution in [0.5, 0.6) is 0 Å². The molecular formula is C17H23N3O. The molecular weight excluding hydrogens is 262 g/mol. The molecule has 1 atom stereocenters. The molecule has 1 saturated heterocycles. The first-order chi connectivity index (χ1) is 10.1. The second-order valence-electron chi connectivity index (χ2n) is 6.23. The van der Waals surface area contributed by atoms with E-state index in [2.05, 4.69) is 41.5 Å². The normalized spacial score (nSPS) is 25.3. The number of allylic oxidation sites excluding steroid dienone is 1. The van der Waals surface area contributed by atoms with Crippen molar-refractivity contribution >= 4 is 11.6 Å². The minimum atomic E-state index is -0.426. The molecule has 0 saturated carbocycles. The Balaban J connectivity index is 1.99. The molecule has 2 aliphatic heterocycles. The summed E-state index contributed by atoms with van der Waals surface area (Å²) in [7, 11) is 0. The van der Waals surface area contributed by atoms with Gasteiger partial charge in [-0.3, -0.25) is 9.69 Å². The summed E-state index contributed by atoms with van der Waals surface area (Å²) in [5.74, 6) is 0.125. The summed E-state index contributed by atoms with van der Waals surface area (Å²) in [6.45, 7) is 7.45. The first-order valence-corrected chi connectivity index (χ1v) is 7.60. The number of benzene rings is 1. The van der Waals surface area contributed by atoms with Crippen LogP contribution in [0.1, 0.15) is 25.8 Å². The maximum absolute atomic E-state index is 12.8. The molecule has 112 valence electrons. The zero-order valence-corrected chi connectivity index (χ0v) is 12.8. The van der Waals surface area contributed by atoms with Crippen LogP contribution in [0.2, 0.25) is 0 Å². The fourth-order valence-electron chi connectivity index (χ4n) is 3.19. The monoisotopic (exact) mass is 285 g/mol. The topological polar surface area (TPSA) is 44.4 Å². The molecule has 2 N–H and O–H groups in total. The quantitative estimate of drug-likeness (QED) is 0.818. The second kappa shape index (κ2) is 5.62. The molecule has 1 fully saturated rings. The fraction of sp³-hybridized carbons (Fsp3) is 0.471. The number of nitrogens with one attached hydrogen (secondary N) is 2. The highest BCUT2D eigenvalue weighted by atomic mass is 16.2. The molecule has 1 amide bonds. The Bertz CT molecular complexity index is 569. The van der Waals surface area contributed by atoms with Gasteiger partial charge in [0.1, 0.15) is 5.54 Å². The van der Waals surface area contributed by atoms with Crippen molar-refractivity contribution in [1.82, 2.24) is 10.2 Å². The molecule has 1 aromatic carbocycles. The van der Waals surface area contributed by atoms with E-state index in [-0.39, 0.29) is 5.91 Å². The number of rotatable bonds is 2. The van der Waals surface area contributed by atoms with E-state index in [4.69, 9.17) is 0 Å². The van der Waals surface area contributed by atoms with E-state index in [1.807, 2.05) is 18.2 Å². The molecule has 1 unspecified atom stereocenters. The summed E-state index contributed by atoms with van der Waals surface area (Å²) in [5, 5.41) is 6.49. The van der Waals surface area contributed by atoms with Gasteiger partial charge in [-0.05, 0) is 38.4 Å². The van der Waals surface area contributed by atoms with Gasteiger partial charge < -0.3 is 10.6 Å². The fourth-order valence-corrected chi connectivity index (χ4v) is 3.19. The predicted molar refractivity (Wildman–Crippen MR) is 85.1 cm³/mol. The largest absolute Gasteiger partial charge is 0.324 e. The van der Waals surface area contributed by atoms with Crippen molar-refractivity contribution in [3.63, 3.8) is 0 Å². The lowest BCUT2D eigenvalue weighted by atomic mass is 9.94. The summed E-state index contributed by atoms with van der Waals surface area (Å²) >= 11 is 0. The van der Waals surface area contributed by atoms with Gasteiger partial charge in [-0.2, -0.15) is 0 Å².